The van der Waals surface area contributed by atoms with Crippen molar-refractivity contribution in [3.63, 3.8) is 0 Å². The second-order valence-electron chi connectivity index (χ2n) is 3.06. The van der Waals surface area contributed by atoms with E-state index in [9.17, 15) is 0 Å². The summed E-state index contributed by atoms with van der Waals surface area (Å²) in [5.74, 6) is 2.67. The van der Waals surface area contributed by atoms with Crippen LogP contribution in [0.3, 0.4) is 0 Å². The summed E-state index contributed by atoms with van der Waals surface area (Å²) in [6.07, 6.45) is 1.38. The van der Waals surface area contributed by atoms with Crippen LogP contribution in [0.1, 0.15) is 6.42 Å². The van der Waals surface area contributed by atoms with Crippen LogP contribution in [0.25, 0.3) is 0 Å². The van der Waals surface area contributed by atoms with E-state index in [0.717, 1.165) is 6.04 Å². The van der Waals surface area contributed by atoms with Crippen molar-refractivity contribution in [1.82, 2.24) is 10.0 Å². The highest BCUT2D eigenvalue weighted by Crippen LogP contribution is 2.24. The molecule has 0 radical (unpaired) electrons. The first-order valence-electron chi connectivity index (χ1n) is 3.93. The highest BCUT2D eigenvalue weighted by atomic mass is 32.2. The fourth-order valence-corrected chi connectivity index (χ4v) is 2.89. The molecule has 0 spiro atoms. The molecule has 1 atom stereocenters. The fraction of sp³-hybridized carbons (Fsp3) is 1.00. The molecular weight excluding hydrogens is 144 g/mol. The zero-order chi connectivity index (χ0) is 6.97. The van der Waals surface area contributed by atoms with Gasteiger partial charge in [0.25, 0.3) is 0 Å². The van der Waals surface area contributed by atoms with Crippen LogP contribution in [0.2, 0.25) is 0 Å². The number of hydrogen-bond donors (Lipinski definition) is 0. The van der Waals surface area contributed by atoms with Crippen molar-refractivity contribution in [3.8, 4) is 0 Å². The van der Waals surface area contributed by atoms with Crippen LogP contribution in [0.15, 0.2) is 0 Å². The third-order valence-corrected chi connectivity index (χ3v) is 3.51. The summed E-state index contributed by atoms with van der Waals surface area (Å²) >= 11 is 2.11. The third kappa shape index (κ3) is 1.06. The van der Waals surface area contributed by atoms with Crippen molar-refractivity contribution in [2.45, 2.75) is 12.5 Å². The molecule has 0 amide bonds. The van der Waals surface area contributed by atoms with Crippen molar-refractivity contribution in [3.05, 3.63) is 0 Å². The molecule has 1 unspecified atom stereocenters. The van der Waals surface area contributed by atoms with Gasteiger partial charge in [-0.2, -0.15) is 11.8 Å². The minimum Gasteiger partial charge on any atom is -0.244 e. The number of nitrogens with zero attached hydrogens (tertiary/aromatic N) is 2. The molecule has 2 aliphatic rings. The van der Waals surface area contributed by atoms with E-state index in [2.05, 4.69) is 28.8 Å². The quantitative estimate of drug-likeness (QED) is 0.511. The molecule has 0 N–H and O–H groups in total. The predicted molar refractivity (Wildman–Crippen MR) is 45.1 cm³/mol. The Hall–Kier alpha value is 0.270. The van der Waals surface area contributed by atoms with Gasteiger partial charge < -0.3 is 0 Å². The zero-order valence-electron chi connectivity index (χ0n) is 6.42. The maximum absolute atomic E-state index is 2.52. The molecule has 10 heavy (non-hydrogen) atoms. The molecule has 0 saturated carbocycles. The Balaban J connectivity index is 2.01. The van der Waals surface area contributed by atoms with Crippen LogP contribution in [-0.4, -0.2) is 47.7 Å². The lowest BCUT2D eigenvalue weighted by atomic mass is 10.2. The van der Waals surface area contributed by atoms with Gasteiger partial charge in [-0.15, -0.1) is 0 Å². The smallest absolute Gasteiger partial charge is 0.0349 e. The van der Waals surface area contributed by atoms with Crippen LogP contribution in [-0.2, 0) is 0 Å². The normalized spacial score (nSPS) is 36.3. The van der Waals surface area contributed by atoms with E-state index in [1.807, 2.05) is 0 Å². The van der Waals surface area contributed by atoms with Gasteiger partial charge in [-0.25, -0.2) is 10.0 Å². The van der Waals surface area contributed by atoms with Gasteiger partial charge in [-0.1, -0.05) is 0 Å². The molecule has 2 fully saturated rings. The van der Waals surface area contributed by atoms with E-state index in [1.165, 1.54) is 31.0 Å². The summed E-state index contributed by atoms with van der Waals surface area (Å²) < 4.78 is 0. The molecule has 0 bridgehead atoms. The SMILES string of the molecule is CN1CCC2CSCCN21. The minimum absolute atomic E-state index is 0.865. The number of hydrogen-bond acceptors (Lipinski definition) is 3. The number of thioether (sulfide) groups is 1. The Bertz CT molecular complexity index is 127. The van der Waals surface area contributed by atoms with Gasteiger partial charge >= 0.3 is 0 Å². The predicted octanol–water partition coefficient (Wildman–Crippen LogP) is 0.654. The first-order valence-corrected chi connectivity index (χ1v) is 5.09. The summed E-state index contributed by atoms with van der Waals surface area (Å²) in [4.78, 5) is 0. The molecular formula is C7H14N2S. The van der Waals surface area contributed by atoms with Gasteiger partial charge in [-0.3, -0.25) is 0 Å². The van der Waals surface area contributed by atoms with Crippen molar-refractivity contribution in [2.24, 2.45) is 0 Å². The van der Waals surface area contributed by atoms with Crippen molar-refractivity contribution >= 4 is 11.8 Å². The monoisotopic (exact) mass is 158 g/mol. The summed E-state index contributed by atoms with van der Waals surface area (Å²) in [5.41, 5.74) is 0. The third-order valence-electron chi connectivity index (χ3n) is 2.42. The summed E-state index contributed by atoms with van der Waals surface area (Å²) in [7, 11) is 2.20. The Morgan fingerprint density at radius 1 is 1.40 bits per heavy atom. The second-order valence-corrected chi connectivity index (χ2v) is 4.21. The number of fused-ring (bicyclic) bond motifs is 1. The van der Waals surface area contributed by atoms with Crippen LogP contribution in [0, 0.1) is 0 Å². The van der Waals surface area contributed by atoms with Gasteiger partial charge in [-0.05, 0) is 6.42 Å². The second kappa shape index (κ2) is 2.72. The first-order chi connectivity index (χ1) is 4.88. The van der Waals surface area contributed by atoms with Crippen LogP contribution >= 0.6 is 11.8 Å². The van der Waals surface area contributed by atoms with E-state index in [0.29, 0.717) is 0 Å². The maximum Gasteiger partial charge on any atom is 0.0349 e. The number of hydrazine groups is 1. The standard InChI is InChI=1S/C7H14N2S/c1-8-3-2-7-6-10-5-4-9(7)8/h7H,2-6H2,1H3. The first kappa shape index (κ1) is 6.95. The highest BCUT2D eigenvalue weighted by Gasteiger charge is 2.30. The zero-order valence-corrected chi connectivity index (χ0v) is 7.23. The average molecular weight is 158 g/mol. The largest absolute Gasteiger partial charge is 0.244 e. The molecule has 58 valence electrons. The van der Waals surface area contributed by atoms with E-state index < -0.39 is 0 Å². The minimum atomic E-state index is 0.865. The topological polar surface area (TPSA) is 6.48 Å². The van der Waals surface area contributed by atoms with E-state index in [1.54, 1.807) is 0 Å². The van der Waals surface area contributed by atoms with Crippen LogP contribution < -0.4 is 0 Å². The Kier molecular flexibility index (Phi) is 1.89. The van der Waals surface area contributed by atoms with Gasteiger partial charge in [0.2, 0.25) is 0 Å². The summed E-state index contributed by atoms with van der Waals surface area (Å²) in [5, 5.41) is 4.90. The van der Waals surface area contributed by atoms with Crippen molar-refractivity contribution in [2.75, 3.05) is 31.6 Å². The molecule has 2 rings (SSSR count). The van der Waals surface area contributed by atoms with E-state index in [-0.39, 0.29) is 0 Å². The van der Waals surface area contributed by atoms with Gasteiger partial charge in [0.1, 0.15) is 0 Å². The molecule has 3 heteroatoms. The Morgan fingerprint density at radius 2 is 2.30 bits per heavy atom. The van der Waals surface area contributed by atoms with E-state index >= 15 is 0 Å². The van der Waals surface area contributed by atoms with Crippen molar-refractivity contribution < 1.29 is 0 Å². The van der Waals surface area contributed by atoms with Crippen LogP contribution in [0.5, 0.6) is 0 Å². The maximum atomic E-state index is 2.52. The van der Waals surface area contributed by atoms with Gasteiger partial charge in [0, 0.05) is 37.7 Å². The molecule has 0 aromatic heterocycles. The lowest BCUT2D eigenvalue weighted by Gasteiger charge is -2.32. The fourth-order valence-electron chi connectivity index (χ4n) is 1.79. The molecule has 2 saturated heterocycles. The lowest BCUT2D eigenvalue weighted by molar-refractivity contribution is 0.0331. The highest BCUT2D eigenvalue weighted by molar-refractivity contribution is 7.99. The number of rotatable bonds is 0. The van der Waals surface area contributed by atoms with Gasteiger partial charge in [0.05, 0.1) is 0 Å². The molecule has 2 nitrogen and oxygen atoms in total. The molecule has 0 aliphatic carbocycles. The molecule has 2 aliphatic heterocycles. The molecule has 2 heterocycles. The summed E-state index contributed by atoms with van der Waals surface area (Å²) in [6.45, 7) is 2.54. The molecule has 0 aromatic carbocycles. The Labute approximate surface area is 66.5 Å². The van der Waals surface area contributed by atoms with Crippen LogP contribution in [0.4, 0.5) is 0 Å². The van der Waals surface area contributed by atoms with Gasteiger partial charge in [0.15, 0.2) is 0 Å². The van der Waals surface area contributed by atoms with E-state index in [4.69, 9.17) is 0 Å². The lowest BCUT2D eigenvalue weighted by Crippen LogP contribution is -2.43. The summed E-state index contributed by atoms with van der Waals surface area (Å²) in [6, 6.07) is 0.865. The molecule has 0 aromatic rings. The average Bonchev–Trinajstić information content (AvgIpc) is 2.34. The van der Waals surface area contributed by atoms with Crippen molar-refractivity contribution in [1.29, 1.82) is 0 Å². The Morgan fingerprint density at radius 3 is 3.10 bits per heavy atom.